The van der Waals surface area contributed by atoms with Gasteiger partial charge in [-0.05, 0) is 55.3 Å². The van der Waals surface area contributed by atoms with Crippen molar-refractivity contribution in [2.24, 2.45) is 0 Å². The summed E-state index contributed by atoms with van der Waals surface area (Å²) in [6.45, 7) is 0. The second-order valence-electron chi connectivity index (χ2n) is 6.91. The van der Waals surface area contributed by atoms with Crippen molar-refractivity contribution in [3.05, 3.63) is 54.1 Å². The smallest absolute Gasteiger partial charge is 0.322 e. The fourth-order valence-corrected chi connectivity index (χ4v) is 5.92. The number of nitrogens with one attached hydrogen (secondary N) is 1. The molecule has 30 heavy (non-hydrogen) atoms. The summed E-state index contributed by atoms with van der Waals surface area (Å²) in [6, 6.07) is 9.02. The molecule has 2 aromatic carbocycles. The van der Waals surface area contributed by atoms with E-state index in [0.717, 1.165) is 25.0 Å². The van der Waals surface area contributed by atoms with Gasteiger partial charge in [0.15, 0.2) is 9.84 Å². The van der Waals surface area contributed by atoms with Crippen LogP contribution in [0.15, 0.2) is 58.3 Å². The first-order valence-corrected chi connectivity index (χ1v) is 12.0. The molecule has 0 atom stereocenters. The second kappa shape index (κ2) is 8.03. The van der Waals surface area contributed by atoms with Crippen LogP contribution < -0.4 is 5.32 Å². The summed E-state index contributed by atoms with van der Waals surface area (Å²) in [5.41, 5.74) is -5.33. The van der Waals surface area contributed by atoms with E-state index in [9.17, 15) is 34.8 Å². The molecular formula is C19H18F3NO5S2. The third-order valence-electron chi connectivity index (χ3n) is 4.89. The van der Waals surface area contributed by atoms with Crippen molar-refractivity contribution < 1.29 is 34.8 Å². The number of alkyl halides is 3. The largest absolute Gasteiger partial charge is 0.501 e. The Morgan fingerprint density at radius 1 is 0.900 bits per heavy atom. The Hall–Kier alpha value is -2.40. The highest BCUT2D eigenvalue weighted by molar-refractivity contribution is 7.92. The van der Waals surface area contributed by atoms with E-state index >= 15 is 0 Å². The van der Waals surface area contributed by atoms with Crippen LogP contribution in [0.25, 0.3) is 0 Å². The highest BCUT2D eigenvalue weighted by Crippen LogP contribution is 2.31. The zero-order valence-electron chi connectivity index (χ0n) is 15.5. The number of anilines is 1. The maximum atomic E-state index is 12.7. The minimum atomic E-state index is -5.51. The van der Waals surface area contributed by atoms with Crippen molar-refractivity contribution in [3.63, 3.8) is 0 Å². The highest BCUT2D eigenvalue weighted by atomic mass is 32.2. The Morgan fingerprint density at radius 2 is 1.50 bits per heavy atom. The van der Waals surface area contributed by atoms with Crippen molar-refractivity contribution >= 4 is 31.3 Å². The van der Waals surface area contributed by atoms with Gasteiger partial charge in [-0.15, -0.1) is 0 Å². The van der Waals surface area contributed by atoms with Crippen LogP contribution in [0, 0.1) is 0 Å². The summed E-state index contributed by atoms with van der Waals surface area (Å²) in [7, 11) is -9.03. The van der Waals surface area contributed by atoms with E-state index < -0.39 is 41.2 Å². The van der Waals surface area contributed by atoms with Crippen LogP contribution in [0.1, 0.15) is 36.0 Å². The molecule has 1 aliphatic carbocycles. The molecule has 3 rings (SSSR count). The first-order valence-electron chi connectivity index (χ1n) is 9.00. The topological polar surface area (TPSA) is 97.4 Å². The van der Waals surface area contributed by atoms with Crippen LogP contribution in [-0.4, -0.2) is 33.5 Å². The molecule has 0 spiro atoms. The van der Waals surface area contributed by atoms with Crippen LogP contribution in [0.5, 0.6) is 0 Å². The predicted molar refractivity (Wildman–Crippen MR) is 104 cm³/mol. The molecule has 2 aromatic rings. The molecule has 6 nitrogen and oxygen atoms in total. The van der Waals surface area contributed by atoms with Gasteiger partial charge in [0, 0.05) is 11.3 Å². The Bertz CT molecular complexity index is 1150. The zero-order chi connectivity index (χ0) is 22.2. The van der Waals surface area contributed by atoms with Crippen molar-refractivity contribution in [1.82, 2.24) is 0 Å². The maximum absolute atomic E-state index is 12.7. The van der Waals surface area contributed by atoms with Gasteiger partial charge in [-0.1, -0.05) is 18.9 Å². The van der Waals surface area contributed by atoms with Crippen molar-refractivity contribution in [2.75, 3.05) is 5.32 Å². The molecule has 1 N–H and O–H groups in total. The van der Waals surface area contributed by atoms with Gasteiger partial charge in [-0.3, -0.25) is 4.79 Å². The average molecular weight is 461 g/mol. The van der Waals surface area contributed by atoms with E-state index in [4.69, 9.17) is 0 Å². The summed E-state index contributed by atoms with van der Waals surface area (Å²) < 4.78 is 85.9. The molecule has 1 saturated carbocycles. The number of benzene rings is 2. The first-order chi connectivity index (χ1) is 13.9. The van der Waals surface area contributed by atoms with Crippen molar-refractivity contribution in [3.8, 4) is 0 Å². The lowest BCUT2D eigenvalue weighted by Gasteiger charge is -2.13. The van der Waals surface area contributed by atoms with Crippen molar-refractivity contribution in [2.45, 2.75) is 46.2 Å². The lowest BCUT2D eigenvalue weighted by atomic mass is 10.2. The van der Waals surface area contributed by atoms with Crippen LogP contribution >= 0.6 is 0 Å². The Labute approximate surface area is 171 Å². The number of rotatable bonds is 5. The molecule has 1 aliphatic rings. The molecule has 0 saturated heterocycles. The number of hydrogen-bond acceptors (Lipinski definition) is 5. The number of amides is 1. The van der Waals surface area contributed by atoms with Gasteiger partial charge < -0.3 is 5.32 Å². The molecule has 162 valence electrons. The van der Waals surface area contributed by atoms with Gasteiger partial charge in [-0.2, -0.15) is 13.2 Å². The molecule has 11 heteroatoms. The number of hydrogen-bond donors (Lipinski definition) is 1. The van der Waals surface area contributed by atoms with Gasteiger partial charge in [0.05, 0.1) is 15.0 Å². The molecule has 0 radical (unpaired) electrons. The van der Waals surface area contributed by atoms with E-state index in [1.54, 1.807) is 0 Å². The second-order valence-corrected chi connectivity index (χ2v) is 11.1. The lowest BCUT2D eigenvalue weighted by molar-refractivity contribution is -0.0436. The zero-order valence-corrected chi connectivity index (χ0v) is 17.1. The van der Waals surface area contributed by atoms with E-state index in [0.29, 0.717) is 25.0 Å². The van der Waals surface area contributed by atoms with Gasteiger partial charge in [0.1, 0.15) is 0 Å². The standard InChI is InChI=1S/C19H18F3NO5S2/c20-19(21,22)30(27,28)16-10-8-13(9-11-16)18(24)23-14-4-3-7-17(12-14)29(25,26)15-5-1-2-6-15/h3-4,7-12,15H,1-2,5-6H2,(H,23,24). The fourth-order valence-electron chi connectivity index (χ4n) is 3.26. The Balaban J connectivity index is 1.78. The van der Waals surface area contributed by atoms with E-state index in [-0.39, 0.29) is 16.1 Å². The molecule has 0 bridgehead atoms. The third-order valence-corrected chi connectivity index (χ3v) is 8.66. The van der Waals surface area contributed by atoms with Crippen LogP contribution in [0.4, 0.5) is 18.9 Å². The molecule has 0 heterocycles. The number of halogens is 3. The third kappa shape index (κ3) is 4.36. The molecular weight excluding hydrogens is 443 g/mol. The molecule has 1 fully saturated rings. The SMILES string of the molecule is O=C(Nc1cccc(S(=O)(=O)C2CCCC2)c1)c1ccc(S(=O)(=O)C(F)(F)F)cc1. The highest BCUT2D eigenvalue weighted by Gasteiger charge is 2.46. The van der Waals surface area contributed by atoms with Gasteiger partial charge >= 0.3 is 5.51 Å². The van der Waals surface area contributed by atoms with E-state index in [1.807, 2.05) is 0 Å². The van der Waals surface area contributed by atoms with Gasteiger partial charge in [0.25, 0.3) is 15.7 Å². The van der Waals surface area contributed by atoms with Crippen LogP contribution in [-0.2, 0) is 19.7 Å². The minimum absolute atomic E-state index is 0.0822. The molecule has 0 aliphatic heterocycles. The average Bonchev–Trinajstić information content (AvgIpc) is 3.23. The van der Waals surface area contributed by atoms with Crippen molar-refractivity contribution in [1.29, 1.82) is 0 Å². The van der Waals surface area contributed by atoms with Gasteiger partial charge in [0.2, 0.25) is 0 Å². The summed E-state index contributed by atoms with van der Waals surface area (Å²) in [4.78, 5) is 11.5. The fraction of sp³-hybridized carbons (Fsp3) is 0.316. The van der Waals surface area contributed by atoms with Gasteiger partial charge in [-0.25, -0.2) is 16.8 Å². The molecule has 0 unspecified atom stereocenters. The minimum Gasteiger partial charge on any atom is -0.322 e. The van der Waals surface area contributed by atoms with Crippen LogP contribution in [0.2, 0.25) is 0 Å². The predicted octanol–water partition coefficient (Wildman–Crippen LogP) is 3.95. The van der Waals surface area contributed by atoms with E-state index in [1.165, 1.54) is 24.3 Å². The maximum Gasteiger partial charge on any atom is 0.501 e. The quantitative estimate of drug-likeness (QED) is 0.727. The summed E-state index contributed by atoms with van der Waals surface area (Å²) in [5.74, 6) is -0.721. The lowest BCUT2D eigenvalue weighted by Crippen LogP contribution is -2.23. The van der Waals surface area contributed by atoms with Crippen LogP contribution in [0.3, 0.4) is 0 Å². The summed E-state index contributed by atoms with van der Waals surface area (Å²) in [6.07, 6.45) is 2.87. The number of sulfone groups is 2. The van der Waals surface area contributed by atoms with E-state index in [2.05, 4.69) is 5.32 Å². The monoisotopic (exact) mass is 461 g/mol. The summed E-state index contributed by atoms with van der Waals surface area (Å²) >= 11 is 0. The molecule has 0 aromatic heterocycles. The Morgan fingerprint density at radius 3 is 2.07 bits per heavy atom. The molecule has 1 amide bonds. The summed E-state index contributed by atoms with van der Waals surface area (Å²) in [5, 5.41) is 2.02. The number of carbonyl (C=O) groups is 1. The normalized spacial score (nSPS) is 15.8. The number of carbonyl (C=O) groups excluding carboxylic acids is 1. The Kier molecular flexibility index (Phi) is 5.96. The first kappa shape index (κ1) is 22.3.